The Morgan fingerprint density at radius 1 is 1.35 bits per heavy atom. The predicted octanol–water partition coefficient (Wildman–Crippen LogP) is 1.61. The highest BCUT2D eigenvalue weighted by molar-refractivity contribution is 5.97. The number of halogens is 1. The Labute approximate surface area is 125 Å². The molecule has 0 bridgehead atoms. The maximum atomic E-state index is 12.3. The van der Waals surface area contributed by atoms with Gasteiger partial charge in [-0.05, 0) is 37.6 Å². The van der Waals surface area contributed by atoms with Crippen molar-refractivity contribution in [1.29, 1.82) is 0 Å². The monoisotopic (exact) mass is 300 g/mol. The van der Waals surface area contributed by atoms with Gasteiger partial charge in [0.2, 0.25) is 0 Å². The van der Waals surface area contributed by atoms with Gasteiger partial charge in [0.15, 0.2) is 0 Å². The molecule has 1 atom stereocenters. The number of benzene rings is 1. The van der Waals surface area contributed by atoms with Crippen molar-refractivity contribution in [2.75, 3.05) is 27.3 Å². The maximum absolute atomic E-state index is 12.3. The third-order valence-electron chi connectivity index (χ3n) is 3.28. The summed E-state index contributed by atoms with van der Waals surface area (Å²) in [5.74, 6) is 1.08. The van der Waals surface area contributed by atoms with E-state index in [2.05, 4.69) is 10.6 Å². The highest BCUT2D eigenvalue weighted by Crippen LogP contribution is 2.24. The van der Waals surface area contributed by atoms with E-state index in [0.29, 0.717) is 17.1 Å². The highest BCUT2D eigenvalue weighted by atomic mass is 35.5. The molecule has 5 nitrogen and oxygen atoms in total. The van der Waals surface area contributed by atoms with Gasteiger partial charge in [0.05, 0.1) is 19.8 Å². The largest absolute Gasteiger partial charge is 0.497 e. The summed E-state index contributed by atoms with van der Waals surface area (Å²) >= 11 is 0. The number of methoxy groups -OCH3 is 2. The molecule has 6 heteroatoms. The standard InChI is InChI=1S/C14H20N2O3.ClH/c1-18-11-5-6-13(19-2)12(8-11)14(17)16-10-4-3-7-15-9-10;/h5-6,8,10,15H,3-4,7,9H2,1-2H3,(H,16,17);1H. The van der Waals surface area contributed by atoms with Gasteiger partial charge in [-0.25, -0.2) is 0 Å². The highest BCUT2D eigenvalue weighted by Gasteiger charge is 2.19. The second kappa shape index (κ2) is 7.97. The minimum Gasteiger partial charge on any atom is -0.497 e. The van der Waals surface area contributed by atoms with Crippen molar-refractivity contribution in [2.45, 2.75) is 18.9 Å². The zero-order chi connectivity index (χ0) is 13.7. The zero-order valence-corrected chi connectivity index (χ0v) is 12.6. The molecular formula is C14H21ClN2O3. The van der Waals surface area contributed by atoms with Crippen molar-refractivity contribution < 1.29 is 14.3 Å². The molecule has 1 saturated heterocycles. The molecule has 1 aliphatic heterocycles. The van der Waals surface area contributed by atoms with Crippen LogP contribution >= 0.6 is 12.4 Å². The molecule has 0 radical (unpaired) electrons. The zero-order valence-electron chi connectivity index (χ0n) is 11.8. The Morgan fingerprint density at radius 3 is 2.75 bits per heavy atom. The van der Waals surface area contributed by atoms with Crippen LogP contribution in [-0.2, 0) is 0 Å². The van der Waals surface area contributed by atoms with Crippen LogP contribution in [-0.4, -0.2) is 39.3 Å². The van der Waals surface area contributed by atoms with E-state index in [0.717, 1.165) is 25.9 Å². The van der Waals surface area contributed by atoms with Gasteiger partial charge in [-0.15, -0.1) is 12.4 Å². The van der Waals surface area contributed by atoms with Gasteiger partial charge in [0.25, 0.3) is 5.91 Å². The van der Waals surface area contributed by atoms with Crippen molar-refractivity contribution in [3.8, 4) is 11.5 Å². The number of carbonyl (C=O) groups excluding carboxylic acids is 1. The molecule has 2 rings (SSSR count). The Kier molecular flexibility index (Phi) is 6.61. The molecule has 0 spiro atoms. The van der Waals surface area contributed by atoms with E-state index in [9.17, 15) is 4.79 Å². The second-order valence-electron chi connectivity index (χ2n) is 4.58. The summed E-state index contributed by atoms with van der Waals surface area (Å²) in [5.41, 5.74) is 0.507. The third-order valence-corrected chi connectivity index (χ3v) is 3.28. The van der Waals surface area contributed by atoms with Gasteiger partial charge in [-0.3, -0.25) is 4.79 Å². The number of hydrogen-bond donors (Lipinski definition) is 2. The van der Waals surface area contributed by atoms with Crippen molar-refractivity contribution in [2.24, 2.45) is 0 Å². The fourth-order valence-electron chi connectivity index (χ4n) is 2.23. The summed E-state index contributed by atoms with van der Waals surface area (Å²) in [6.45, 7) is 1.84. The fourth-order valence-corrected chi connectivity index (χ4v) is 2.23. The van der Waals surface area contributed by atoms with E-state index in [4.69, 9.17) is 9.47 Å². The number of piperidine rings is 1. The quantitative estimate of drug-likeness (QED) is 0.887. The molecule has 2 N–H and O–H groups in total. The second-order valence-corrected chi connectivity index (χ2v) is 4.58. The summed E-state index contributed by atoms with van der Waals surface area (Å²) in [5, 5.41) is 6.30. The first-order chi connectivity index (χ1) is 9.24. The number of amides is 1. The van der Waals surface area contributed by atoms with E-state index >= 15 is 0 Å². The maximum Gasteiger partial charge on any atom is 0.255 e. The number of nitrogens with one attached hydrogen (secondary N) is 2. The van der Waals surface area contributed by atoms with Crippen molar-refractivity contribution in [3.05, 3.63) is 23.8 Å². The first kappa shape index (κ1) is 16.6. The Balaban J connectivity index is 0.00000200. The van der Waals surface area contributed by atoms with E-state index < -0.39 is 0 Å². The fraction of sp³-hybridized carbons (Fsp3) is 0.500. The van der Waals surface area contributed by atoms with Crippen LogP contribution in [0.3, 0.4) is 0 Å². The molecule has 1 aromatic carbocycles. The molecule has 20 heavy (non-hydrogen) atoms. The van der Waals surface area contributed by atoms with Crippen molar-refractivity contribution in [1.82, 2.24) is 10.6 Å². The van der Waals surface area contributed by atoms with Crippen LogP contribution in [0.15, 0.2) is 18.2 Å². The van der Waals surface area contributed by atoms with Crippen LogP contribution in [0.4, 0.5) is 0 Å². The molecule has 1 aromatic rings. The SMILES string of the molecule is COc1ccc(OC)c(C(=O)NC2CCCNC2)c1.Cl. The molecule has 112 valence electrons. The normalized spacial score (nSPS) is 17.8. The van der Waals surface area contributed by atoms with Gasteiger partial charge in [-0.2, -0.15) is 0 Å². The van der Waals surface area contributed by atoms with Crippen molar-refractivity contribution >= 4 is 18.3 Å². The molecule has 1 fully saturated rings. The van der Waals surface area contributed by atoms with E-state index in [1.807, 2.05) is 0 Å². The molecule has 0 saturated carbocycles. The van der Waals surface area contributed by atoms with Crippen molar-refractivity contribution in [3.63, 3.8) is 0 Å². The number of ether oxygens (including phenoxy) is 2. The lowest BCUT2D eigenvalue weighted by molar-refractivity contribution is 0.0927. The summed E-state index contributed by atoms with van der Waals surface area (Å²) in [7, 11) is 3.13. The molecule has 0 aliphatic carbocycles. The summed E-state index contributed by atoms with van der Waals surface area (Å²) in [4.78, 5) is 12.3. The number of hydrogen-bond acceptors (Lipinski definition) is 4. The Morgan fingerprint density at radius 2 is 2.15 bits per heavy atom. The Hall–Kier alpha value is -1.46. The average Bonchev–Trinajstić information content (AvgIpc) is 2.47. The van der Waals surface area contributed by atoms with Crippen LogP contribution in [0.1, 0.15) is 23.2 Å². The van der Waals surface area contributed by atoms with Gasteiger partial charge >= 0.3 is 0 Å². The van der Waals surface area contributed by atoms with Gasteiger partial charge < -0.3 is 20.1 Å². The minimum absolute atomic E-state index is 0. The lowest BCUT2D eigenvalue weighted by atomic mass is 10.1. The number of rotatable bonds is 4. The average molecular weight is 301 g/mol. The first-order valence-electron chi connectivity index (χ1n) is 6.48. The topological polar surface area (TPSA) is 59.6 Å². The molecule has 1 heterocycles. The number of carbonyl (C=O) groups is 1. The van der Waals surface area contributed by atoms with Crippen LogP contribution in [0.2, 0.25) is 0 Å². The van der Waals surface area contributed by atoms with E-state index in [1.54, 1.807) is 32.4 Å². The summed E-state index contributed by atoms with van der Waals surface area (Å²) in [6.07, 6.45) is 2.09. The van der Waals surface area contributed by atoms with Crippen LogP contribution in [0.5, 0.6) is 11.5 Å². The van der Waals surface area contributed by atoms with E-state index in [1.165, 1.54) is 0 Å². The smallest absolute Gasteiger partial charge is 0.255 e. The Bertz CT molecular complexity index is 448. The van der Waals surface area contributed by atoms with Crippen LogP contribution < -0.4 is 20.1 Å². The molecule has 1 aliphatic rings. The van der Waals surface area contributed by atoms with Gasteiger partial charge in [0.1, 0.15) is 11.5 Å². The first-order valence-corrected chi connectivity index (χ1v) is 6.48. The predicted molar refractivity (Wildman–Crippen MR) is 80.2 cm³/mol. The molecule has 0 aromatic heterocycles. The van der Waals surface area contributed by atoms with E-state index in [-0.39, 0.29) is 24.4 Å². The summed E-state index contributed by atoms with van der Waals surface area (Å²) < 4.78 is 10.4. The van der Waals surface area contributed by atoms with Gasteiger partial charge in [-0.1, -0.05) is 0 Å². The molecule has 1 unspecified atom stereocenters. The van der Waals surface area contributed by atoms with Gasteiger partial charge in [0, 0.05) is 12.6 Å². The van der Waals surface area contributed by atoms with Crippen LogP contribution in [0.25, 0.3) is 0 Å². The molecule has 1 amide bonds. The minimum atomic E-state index is -0.121. The summed E-state index contributed by atoms with van der Waals surface area (Å²) in [6, 6.07) is 5.40. The third kappa shape index (κ3) is 4.02. The lowest BCUT2D eigenvalue weighted by Crippen LogP contribution is -2.45. The van der Waals surface area contributed by atoms with Crippen LogP contribution in [0, 0.1) is 0 Å². The lowest BCUT2D eigenvalue weighted by Gasteiger charge is -2.24. The molecular weight excluding hydrogens is 280 g/mol.